The smallest absolute Gasteiger partial charge is 0.416 e. The van der Waals surface area contributed by atoms with Gasteiger partial charge in [0.1, 0.15) is 23.7 Å². The average molecular weight is 631 g/mol. The second kappa shape index (κ2) is 15.2. The number of primary amides is 1. The summed E-state index contributed by atoms with van der Waals surface area (Å²) in [7, 11) is -4.01. The van der Waals surface area contributed by atoms with Crippen molar-refractivity contribution in [1.82, 2.24) is 5.32 Å². The van der Waals surface area contributed by atoms with Crippen molar-refractivity contribution in [1.29, 1.82) is 0 Å². The molecule has 12 heteroatoms. The van der Waals surface area contributed by atoms with Crippen LogP contribution < -0.4 is 31.1 Å². The number of carbonyl (C=O) groups is 3. The molecule has 4 rings (SSSR count). The number of rotatable bonds is 14. The predicted molar refractivity (Wildman–Crippen MR) is 171 cm³/mol. The van der Waals surface area contributed by atoms with E-state index in [-0.39, 0.29) is 29.4 Å². The molecule has 0 radical (unpaired) electrons. The molecule has 0 saturated heterocycles. The van der Waals surface area contributed by atoms with Crippen molar-refractivity contribution in [3.63, 3.8) is 0 Å². The molecule has 0 aliphatic heterocycles. The van der Waals surface area contributed by atoms with Gasteiger partial charge in [-0.15, -0.1) is 0 Å². The number of carbonyl (C=O) groups excluding carboxylic acids is 3. The maximum Gasteiger partial charge on any atom is 0.435 e. The zero-order valence-corrected chi connectivity index (χ0v) is 25.4. The van der Waals surface area contributed by atoms with Gasteiger partial charge in [-0.25, -0.2) is 4.57 Å². The lowest BCUT2D eigenvalue weighted by Crippen LogP contribution is -2.54. The zero-order valence-electron chi connectivity index (χ0n) is 24.5. The van der Waals surface area contributed by atoms with E-state index >= 15 is 0 Å². The Kier molecular flexibility index (Phi) is 11.1. The number of aliphatic hydroxyl groups is 1. The number of benzene rings is 4. The van der Waals surface area contributed by atoms with Gasteiger partial charge in [0.25, 0.3) is 0 Å². The van der Waals surface area contributed by atoms with E-state index in [4.69, 9.17) is 20.5 Å². The molecule has 7 N–H and O–H groups in total. The normalized spacial score (nSPS) is 13.1. The summed E-state index contributed by atoms with van der Waals surface area (Å²) in [6.45, 7) is 1.34. The molecule has 3 unspecified atom stereocenters. The molecule has 0 aliphatic carbocycles. The van der Waals surface area contributed by atoms with E-state index in [1.54, 1.807) is 60.7 Å². The van der Waals surface area contributed by atoms with Gasteiger partial charge in [-0.05, 0) is 60.9 Å². The van der Waals surface area contributed by atoms with Crippen LogP contribution in [0.1, 0.15) is 28.4 Å². The number of nitrogens with two attached hydrogens (primary N) is 2. The molecule has 11 nitrogen and oxygen atoms in total. The Bertz CT molecular complexity index is 1610. The monoisotopic (exact) mass is 630 g/mol. The minimum atomic E-state index is -4.01. The molecular weight excluding hydrogens is 595 g/mol. The van der Waals surface area contributed by atoms with Gasteiger partial charge in [0.15, 0.2) is 0 Å². The van der Waals surface area contributed by atoms with Crippen LogP contribution in [0.15, 0.2) is 109 Å². The summed E-state index contributed by atoms with van der Waals surface area (Å²) in [5.41, 5.74) is 12.8. The molecule has 4 aromatic carbocycles. The summed E-state index contributed by atoms with van der Waals surface area (Å²) in [4.78, 5) is 38.4. The number of aliphatic hydroxyl groups excluding tert-OH is 1. The second-order valence-corrected chi connectivity index (χ2v) is 12.2. The van der Waals surface area contributed by atoms with Gasteiger partial charge < -0.3 is 36.3 Å². The maximum absolute atomic E-state index is 14.2. The molecule has 4 aromatic rings. The van der Waals surface area contributed by atoms with Crippen LogP contribution in [-0.2, 0) is 26.7 Å². The van der Waals surface area contributed by atoms with Crippen molar-refractivity contribution >= 4 is 31.0 Å². The van der Waals surface area contributed by atoms with Crippen LogP contribution in [0, 0.1) is 0 Å². The third-order valence-electron chi connectivity index (χ3n) is 6.69. The second-order valence-electron chi connectivity index (χ2n) is 10.3. The van der Waals surface area contributed by atoms with Crippen LogP contribution in [-0.4, -0.2) is 41.0 Å². The van der Waals surface area contributed by atoms with Gasteiger partial charge in [-0.1, -0.05) is 72.8 Å². The standard InChI is InChI=1S/C33H35N4O7P/c1-22(38)30(37-32(40)28(34)19-23-11-5-2-6-12-23)33(41)36-29-20-24(31(35)39)17-18-25(29)21-45(42,43-26-13-7-3-8-14-26)44-27-15-9-4-10-16-27/h2-18,20,22,28,30,38H,19,21,34H2,1H3,(H2,35,39)(H,36,41)(H,37,40). The fourth-order valence-corrected chi connectivity index (χ4v) is 6.14. The Morgan fingerprint density at radius 1 is 0.822 bits per heavy atom. The van der Waals surface area contributed by atoms with Crippen molar-refractivity contribution in [2.75, 3.05) is 5.32 Å². The SMILES string of the molecule is CC(O)C(NC(=O)C(N)Cc1ccccc1)C(=O)Nc1cc(C(N)=O)ccc1CP(=O)(Oc1ccccc1)Oc1ccccc1. The van der Waals surface area contributed by atoms with E-state index in [1.165, 1.54) is 25.1 Å². The van der Waals surface area contributed by atoms with Crippen molar-refractivity contribution in [3.8, 4) is 11.5 Å². The first kappa shape index (κ1) is 32.9. The molecular formula is C33H35N4O7P. The summed E-state index contributed by atoms with van der Waals surface area (Å²) >= 11 is 0. The molecule has 0 heterocycles. The fourth-order valence-electron chi connectivity index (χ4n) is 4.40. The average Bonchev–Trinajstić information content (AvgIpc) is 3.01. The van der Waals surface area contributed by atoms with Crippen molar-refractivity contribution < 1.29 is 33.1 Å². The lowest BCUT2D eigenvalue weighted by Gasteiger charge is -2.24. The van der Waals surface area contributed by atoms with Gasteiger partial charge in [-0.2, -0.15) is 0 Å². The van der Waals surface area contributed by atoms with Crippen LogP contribution in [0.25, 0.3) is 0 Å². The summed E-state index contributed by atoms with van der Waals surface area (Å²) in [5, 5.41) is 15.6. The summed E-state index contributed by atoms with van der Waals surface area (Å²) in [5.74, 6) is -1.65. The van der Waals surface area contributed by atoms with Crippen LogP contribution in [0.4, 0.5) is 5.69 Å². The molecule has 234 valence electrons. The van der Waals surface area contributed by atoms with E-state index < -0.39 is 43.5 Å². The minimum Gasteiger partial charge on any atom is -0.416 e. The maximum atomic E-state index is 14.2. The number of nitrogens with one attached hydrogen (secondary N) is 2. The number of amides is 3. The number of hydrogen-bond acceptors (Lipinski definition) is 8. The topological polar surface area (TPSA) is 183 Å². The predicted octanol–water partition coefficient (Wildman–Crippen LogP) is 4.01. The lowest BCUT2D eigenvalue weighted by molar-refractivity contribution is -0.129. The van der Waals surface area contributed by atoms with E-state index in [0.29, 0.717) is 11.5 Å². The van der Waals surface area contributed by atoms with Crippen LogP contribution in [0.3, 0.4) is 0 Å². The van der Waals surface area contributed by atoms with Gasteiger partial charge in [0.2, 0.25) is 17.7 Å². The largest absolute Gasteiger partial charge is 0.435 e. The Balaban J connectivity index is 1.60. The Labute approximate surface area is 261 Å². The molecule has 0 aliphatic rings. The summed E-state index contributed by atoms with van der Waals surface area (Å²) < 4.78 is 26.0. The van der Waals surface area contributed by atoms with Crippen molar-refractivity contribution in [2.24, 2.45) is 11.5 Å². The Hall–Kier alpha value is -4.96. The van der Waals surface area contributed by atoms with Crippen LogP contribution in [0.5, 0.6) is 11.5 Å². The zero-order chi connectivity index (χ0) is 32.4. The summed E-state index contributed by atoms with van der Waals surface area (Å²) in [6, 6.07) is 27.8. The van der Waals surface area contributed by atoms with Crippen molar-refractivity contribution in [2.45, 2.75) is 37.7 Å². The molecule has 0 aromatic heterocycles. The Morgan fingerprint density at radius 2 is 1.36 bits per heavy atom. The molecule has 0 saturated carbocycles. The van der Waals surface area contributed by atoms with E-state index in [2.05, 4.69) is 10.6 Å². The molecule has 45 heavy (non-hydrogen) atoms. The van der Waals surface area contributed by atoms with E-state index in [0.717, 1.165) is 5.56 Å². The third kappa shape index (κ3) is 9.51. The van der Waals surface area contributed by atoms with Gasteiger partial charge in [-0.3, -0.25) is 14.4 Å². The van der Waals surface area contributed by atoms with Gasteiger partial charge >= 0.3 is 7.60 Å². The summed E-state index contributed by atoms with van der Waals surface area (Å²) in [6.07, 6.45) is -1.45. The molecule has 3 amide bonds. The highest BCUT2D eigenvalue weighted by atomic mass is 31.2. The number of hydrogen-bond donors (Lipinski definition) is 5. The highest BCUT2D eigenvalue weighted by Crippen LogP contribution is 2.52. The fraction of sp³-hybridized carbons (Fsp3) is 0.182. The number of anilines is 1. The highest BCUT2D eigenvalue weighted by Gasteiger charge is 2.32. The number of para-hydroxylation sites is 2. The van der Waals surface area contributed by atoms with Gasteiger partial charge in [0.05, 0.1) is 12.1 Å². The first-order chi connectivity index (χ1) is 21.5. The first-order valence-corrected chi connectivity index (χ1v) is 15.9. The quantitative estimate of drug-likeness (QED) is 0.130. The Morgan fingerprint density at radius 3 is 1.87 bits per heavy atom. The molecule has 0 bridgehead atoms. The van der Waals surface area contributed by atoms with Crippen molar-refractivity contribution in [3.05, 3.63) is 126 Å². The molecule has 3 atom stereocenters. The third-order valence-corrected chi connectivity index (χ3v) is 8.40. The highest BCUT2D eigenvalue weighted by molar-refractivity contribution is 7.53. The molecule has 0 fully saturated rings. The van der Waals surface area contributed by atoms with Crippen LogP contribution in [0.2, 0.25) is 0 Å². The van der Waals surface area contributed by atoms with E-state index in [1.807, 2.05) is 30.3 Å². The first-order valence-electron chi connectivity index (χ1n) is 14.1. The van der Waals surface area contributed by atoms with E-state index in [9.17, 15) is 24.1 Å². The molecule has 0 spiro atoms. The van der Waals surface area contributed by atoms with Crippen LogP contribution >= 0.6 is 7.60 Å². The minimum absolute atomic E-state index is 0.0540. The lowest BCUT2D eigenvalue weighted by atomic mass is 10.0. The van der Waals surface area contributed by atoms with Gasteiger partial charge in [0, 0.05) is 11.3 Å².